The summed E-state index contributed by atoms with van der Waals surface area (Å²) in [6, 6.07) is -0.543. The average Bonchev–Trinajstić information content (AvgIpc) is 2.33. The van der Waals surface area contributed by atoms with Crippen LogP contribution < -0.4 is 4.90 Å². The van der Waals surface area contributed by atoms with Crippen LogP contribution >= 0.6 is 0 Å². The summed E-state index contributed by atoms with van der Waals surface area (Å²) in [5.41, 5.74) is -0.536. The fraction of sp³-hybridized carbons (Fsp3) is 0.615. The van der Waals surface area contributed by atoms with E-state index in [4.69, 9.17) is 0 Å². The highest BCUT2D eigenvalue weighted by atomic mass is 19.4. The van der Waals surface area contributed by atoms with Crippen LogP contribution in [0, 0.1) is 0 Å². The van der Waals surface area contributed by atoms with E-state index in [-0.39, 0.29) is 17.4 Å². The Kier molecular flexibility index (Phi) is 5.14. The van der Waals surface area contributed by atoms with Gasteiger partial charge in [0.2, 0.25) is 0 Å². The quantitative estimate of drug-likeness (QED) is 0.905. The maximum absolute atomic E-state index is 12.7. The molecule has 0 aliphatic carbocycles. The molecular formula is C13H18F3N3O2. The molecule has 21 heavy (non-hydrogen) atoms. The number of carbonyl (C=O) groups is 1. The monoisotopic (exact) mass is 305 g/mol. The minimum absolute atomic E-state index is 0.118. The van der Waals surface area contributed by atoms with E-state index in [9.17, 15) is 23.1 Å². The topological polar surface area (TPSA) is 66.3 Å². The molecule has 0 amide bonds. The number of rotatable bonds is 5. The van der Waals surface area contributed by atoms with Gasteiger partial charge in [-0.25, -0.2) is 14.8 Å². The number of anilines is 1. The van der Waals surface area contributed by atoms with Crippen molar-refractivity contribution in [3.05, 3.63) is 17.7 Å². The Morgan fingerprint density at radius 1 is 1.33 bits per heavy atom. The summed E-state index contributed by atoms with van der Waals surface area (Å²) >= 11 is 0. The minimum atomic E-state index is -4.45. The van der Waals surface area contributed by atoms with Crippen LogP contribution in [0.25, 0.3) is 0 Å². The second-order valence-corrected chi connectivity index (χ2v) is 5.26. The Balaban J connectivity index is 3.34. The van der Waals surface area contributed by atoms with Crippen LogP contribution in [-0.4, -0.2) is 39.8 Å². The molecule has 0 spiro atoms. The molecule has 0 fully saturated rings. The van der Waals surface area contributed by atoms with E-state index < -0.39 is 30.4 Å². The smallest absolute Gasteiger partial charge is 0.405 e. The first-order valence-corrected chi connectivity index (χ1v) is 6.46. The van der Waals surface area contributed by atoms with Gasteiger partial charge < -0.3 is 10.0 Å². The first-order chi connectivity index (χ1) is 9.53. The third-order valence-corrected chi connectivity index (χ3v) is 2.79. The van der Waals surface area contributed by atoms with Gasteiger partial charge in [-0.15, -0.1) is 0 Å². The summed E-state index contributed by atoms with van der Waals surface area (Å²) < 4.78 is 38.0. The van der Waals surface area contributed by atoms with Gasteiger partial charge in [-0.3, -0.25) is 0 Å². The summed E-state index contributed by atoms with van der Waals surface area (Å²) in [6.45, 7) is 5.39. The lowest BCUT2D eigenvalue weighted by atomic mass is 10.2. The van der Waals surface area contributed by atoms with Gasteiger partial charge in [0.25, 0.3) is 0 Å². The highest BCUT2D eigenvalue weighted by molar-refractivity contribution is 5.92. The van der Waals surface area contributed by atoms with Gasteiger partial charge in [0.15, 0.2) is 5.69 Å². The molecule has 1 aromatic heterocycles. The number of aromatic carboxylic acids is 1. The summed E-state index contributed by atoms with van der Waals surface area (Å²) in [5.74, 6) is -1.21. The molecule has 8 heteroatoms. The van der Waals surface area contributed by atoms with Crippen LogP contribution in [0.2, 0.25) is 0 Å². The Hall–Kier alpha value is -1.86. The maximum Gasteiger partial charge on any atom is 0.405 e. The lowest BCUT2D eigenvalue weighted by Crippen LogP contribution is -2.40. The molecule has 0 saturated heterocycles. The van der Waals surface area contributed by atoms with Gasteiger partial charge in [0.1, 0.15) is 12.4 Å². The van der Waals surface area contributed by atoms with Crippen molar-refractivity contribution in [3.63, 3.8) is 0 Å². The van der Waals surface area contributed by atoms with Crippen LogP contribution in [0.5, 0.6) is 0 Å². The number of aromatic nitrogens is 2. The molecule has 1 N–H and O–H groups in total. The molecule has 0 atom stereocenters. The predicted molar refractivity (Wildman–Crippen MR) is 71.6 cm³/mol. The van der Waals surface area contributed by atoms with Crippen molar-refractivity contribution in [2.45, 2.75) is 45.8 Å². The molecule has 1 rings (SSSR count). The molecule has 0 aliphatic rings. The van der Waals surface area contributed by atoms with E-state index in [2.05, 4.69) is 9.97 Å². The number of carboxylic acid groups (broad SMARTS) is 1. The summed E-state index contributed by atoms with van der Waals surface area (Å²) in [7, 11) is 0. The lowest BCUT2D eigenvalue weighted by molar-refractivity contribution is -0.120. The van der Waals surface area contributed by atoms with E-state index in [0.717, 1.165) is 11.1 Å². The molecule has 5 nitrogen and oxygen atoms in total. The molecule has 0 radical (unpaired) electrons. The molecule has 0 aliphatic heterocycles. The molecule has 0 bridgehead atoms. The zero-order valence-electron chi connectivity index (χ0n) is 12.3. The van der Waals surface area contributed by atoms with Crippen molar-refractivity contribution in [3.8, 4) is 0 Å². The standard InChI is InChI=1S/C13H18F3N3O2/c1-7(2)11-17-5-9(10(18-11)12(20)21)19(8(3)4)6-13(14,15)16/h5,7-8H,6H2,1-4H3,(H,20,21). The van der Waals surface area contributed by atoms with Crippen LogP contribution in [-0.2, 0) is 0 Å². The second-order valence-electron chi connectivity index (χ2n) is 5.26. The summed E-state index contributed by atoms with van der Waals surface area (Å²) in [4.78, 5) is 20.1. The lowest BCUT2D eigenvalue weighted by Gasteiger charge is -2.30. The van der Waals surface area contributed by atoms with Gasteiger partial charge in [0, 0.05) is 12.0 Å². The van der Waals surface area contributed by atoms with E-state index in [1.54, 1.807) is 27.7 Å². The second kappa shape index (κ2) is 6.28. The highest BCUT2D eigenvalue weighted by Crippen LogP contribution is 2.27. The number of hydrogen-bond donors (Lipinski definition) is 1. The zero-order chi connectivity index (χ0) is 16.4. The molecule has 118 valence electrons. The van der Waals surface area contributed by atoms with Crippen LogP contribution in [0.15, 0.2) is 6.20 Å². The molecule has 0 aromatic carbocycles. The fourth-order valence-electron chi connectivity index (χ4n) is 1.77. The number of carboxylic acids is 1. The van der Waals surface area contributed by atoms with Gasteiger partial charge in [-0.05, 0) is 13.8 Å². The van der Waals surface area contributed by atoms with Gasteiger partial charge in [-0.2, -0.15) is 13.2 Å². The maximum atomic E-state index is 12.7. The Morgan fingerprint density at radius 2 is 1.90 bits per heavy atom. The van der Waals surface area contributed by atoms with Gasteiger partial charge in [-0.1, -0.05) is 13.8 Å². The normalized spacial score (nSPS) is 12.0. The third-order valence-electron chi connectivity index (χ3n) is 2.79. The first-order valence-electron chi connectivity index (χ1n) is 6.46. The van der Waals surface area contributed by atoms with Crippen molar-refractivity contribution >= 4 is 11.7 Å². The largest absolute Gasteiger partial charge is 0.476 e. The van der Waals surface area contributed by atoms with Crippen LogP contribution in [0.3, 0.4) is 0 Å². The fourth-order valence-corrected chi connectivity index (χ4v) is 1.77. The van der Waals surface area contributed by atoms with Crippen molar-refractivity contribution < 1.29 is 23.1 Å². The van der Waals surface area contributed by atoms with Crippen LogP contribution in [0.4, 0.5) is 18.9 Å². The summed E-state index contributed by atoms with van der Waals surface area (Å²) in [5, 5.41) is 9.20. The van der Waals surface area contributed by atoms with Crippen LogP contribution in [0.1, 0.15) is 49.9 Å². The van der Waals surface area contributed by atoms with Crippen molar-refractivity contribution in [1.82, 2.24) is 9.97 Å². The molecular weight excluding hydrogens is 287 g/mol. The number of halogens is 3. The average molecular weight is 305 g/mol. The molecule has 1 heterocycles. The van der Waals surface area contributed by atoms with E-state index in [1.165, 1.54) is 0 Å². The number of nitrogens with zero attached hydrogens (tertiary/aromatic N) is 3. The van der Waals surface area contributed by atoms with Gasteiger partial charge in [0.05, 0.1) is 11.9 Å². The summed E-state index contributed by atoms with van der Waals surface area (Å²) in [6.07, 6.45) is -3.30. The van der Waals surface area contributed by atoms with Crippen molar-refractivity contribution in [1.29, 1.82) is 0 Å². The Bertz CT molecular complexity index is 516. The Labute approximate surface area is 120 Å². The zero-order valence-corrected chi connectivity index (χ0v) is 12.3. The first kappa shape index (κ1) is 17.2. The number of alkyl halides is 3. The van der Waals surface area contributed by atoms with E-state index >= 15 is 0 Å². The predicted octanol–water partition coefficient (Wildman–Crippen LogP) is 3.08. The van der Waals surface area contributed by atoms with Crippen molar-refractivity contribution in [2.75, 3.05) is 11.4 Å². The SMILES string of the molecule is CC(C)c1ncc(N(CC(F)(F)F)C(C)C)c(C(=O)O)n1. The van der Waals surface area contributed by atoms with Crippen molar-refractivity contribution in [2.24, 2.45) is 0 Å². The minimum Gasteiger partial charge on any atom is -0.476 e. The van der Waals surface area contributed by atoms with E-state index in [1.807, 2.05) is 0 Å². The highest BCUT2D eigenvalue weighted by Gasteiger charge is 2.34. The Morgan fingerprint density at radius 3 is 2.29 bits per heavy atom. The molecule has 1 aromatic rings. The number of hydrogen-bond acceptors (Lipinski definition) is 4. The van der Waals surface area contributed by atoms with Gasteiger partial charge >= 0.3 is 12.1 Å². The molecule has 0 saturated carbocycles. The third kappa shape index (κ3) is 4.57. The molecule has 0 unspecified atom stereocenters. The van der Waals surface area contributed by atoms with E-state index in [0.29, 0.717) is 0 Å².